The lowest BCUT2D eigenvalue weighted by Gasteiger charge is -2.13. The molecule has 0 aliphatic rings. The normalized spacial score (nSPS) is 10.5. The van der Waals surface area contributed by atoms with Crippen molar-refractivity contribution in [1.29, 1.82) is 0 Å². The van der Waals surface area contributed by atoms with Crippen LogP contribution in [0.4, 0.5) is 5.69 Å². The summed E-state index contributed by atoms with van der Waals surface area (Å²) in [6.45, 7) is 0. The molecule has 29 heavy (non-hydrogen) atoms. The highest BCUT2D eigenvalue weighted by atomic mass is 32.1. The average molecular weight is 420 g/mol. The minimum atomic E-state index is -0.336. The van der Waals surface area contributed by atoms with Gasteiger partial charge in [0.25, 0.3) is 5.91 Å². The Morgan fingerprint density at radius 1 is 1.00 bits per heavy atom. The van der Waals surface area contributed by atoms with E-state index in [1.54, 1.807) is 35.6 Å². The van der Waals surface area contributed by atoms with Crippen LogP contribution < -0.4 is 15.4 Å². The lowest BCUT2D eigenvalue weighted by Crippen LogP contribution is -2.34. The van der Waals surface area contributed by atoms with Gasteiger partial charge in [-0.15, -0.1) is 11.3 Å². The number of ether oxygens (including phenoxy) is 1. The number of methoxy groups -OCH3 is 1. The number of hydrogen-bond acceptors (Lipinski definition) is 5. The second-order valence-electron chi connectivity index (χ2n) is 6.14. The van der Waals surface area contributed by atoms with Crippen LogP contribution in [-0.4, -0.2) is 23.1 Å². The number of benzene rings is 3. The van der Waals surface area contributed by atoms with Crippen LogP contribution >= 0.6 is 23.6 Å². The fourth-order valence-electron chi connectivity index (χ4n) is 2.92. The van der Waals surface area contributed by atoms with Gasteiger partial charge in [-0.1, -0.05) is 36.4 Å². The van der Waals surface area contributed by atoms with E-state index in [4.69, 9.17) is 21.9 Å². The third kappa shape index (κ3) is 4.11. The van der Waals surface area contributed by atoms with Crippen LogP contribution in [-0.2, 0) is 0 Å². The first kappa shape index (κ1) is 19.0. The smallest absolute Gasteiger partial charge is 0.261 e. The Bertz CT molecular complexity index is 1170. The number of para-hydroxylation sites is 3. The Hall–Kier alpha value is -3.29. The van der Waals surface area contributed by atoms with Gasteiger partial charge in [-0.05, 0) is 48.6 Å². The van der Waals surface area contributed by atoms with Gasteiger partial charge < -0.3 is 10.1 Å². The van der Waals surface area contributed by atoms with Crippen LogP contribution in [0.2, 0.25) is 0 Å². The number of aromatic nitrogens is 1. The Morgan fingerprint density at radius 3 is 2.55 bits per heavy atom. The van der Waals surface area contributed by atoms with Crippen LogP contribution in [0.5, 0.6) is 5.75 Å². The highest BCUT2D eigenvalue weighted by molar-refractivity contribution is 7.80. The predicted octanol–water partition coefficient (Wildman–Crippen LogP) is 5.10. The van der Waals surface area contributed by atoms with Gasteiger partial charge in [-0.2, -0.15) is 0 Å². The molecule has 7 heteroatoms. The summed E-state index contributed by atoms with van der Waals surface area (Å²) in [7, 11) is 1.52. The van der Waals surface area contributed by atoms with E-state index in [2.05, 4.69) is 10.6 Å². The number of nitrogens with one attached hydrogen (secondary N) is 2. The second-order valence-corrected chi connectivity index (χ2v) is 7.58. The topological polar surface area (TPSA) is 63.2 Å². The first-order valence-electron chi connectivity index (χ1n) is 8.86. The summed E-state index contributed by atoms with van der Waals surface area (Å²) in [6, 6.07) is 22.7. The highest BCUT2D eigenvalue weighted by Crippen LogP contribution is 2.34. The number of thiazole rings is 1. The Kier molecular flexibility index (Phi) is 5.50. The highest BCUT2D eigenvalue weighted by Gasteiger charge is 2.15. The molecule has 1 aromatic heterocycles. The van der Waals surface area contributed by atoms with Gasteiger partial charge in [0, 0.05) is 5.56 Å². The monoisotopic (exact) mass is 419 g/mol. The van der Waals surface area contributed by atoms with Crippen LogP contribution in [0.15, 0.2) is 72.8 Å². The van der Waals surface area contributed by atoms with Gasteiger partial charge in [0.05, 0.1) is 28.6 Å². The van der Waals surface area contributed by atoms with Crippen molar-refractivity contribution in [2.75, 3.05) is 12.4 Å². The lowest BCUT2D eigenvalue weighted by atomic mass is 10.2. The Morgan fingerprint density at radius 2 is 1.72 bits per heavy atom. The molecule has 0 aliphatic carbocycles. The van der Waals surface area contributed by atoms with Crippen molar-refractivity contribution in [2.45, 2.75) is 0 Å². The summed E-state index contributed by atoms with van der Waals surface area (Å²) in [5.41, 5.74) is 3.06. The zero-order valence-electron chi connectivity index (χ0n) is 15.5. The molecule has 0 atom stereocenters. The van der Waals surface area contributed by atoms with Gasteiger partial charge >= 0.3 is 0 Å². The molecular weight excluding hydrogens is 402 g/mol. The Labute approximate surface area is 177 Å². The molecule has 144 valence electrons. The fourth-order valence-corrected chi connectivity index (χ4v) is 4.13. The van der Waals surface area contributed by atoms with Crippen molar-refractivity contribution in [3.05, 3.63) is 78.4 Å². The molecule has 2 N–H and O–H groups in total. The van der Waals surface area contributed by atoms with E-state index in [1.807, 2.05) is 48.5 Å². The third-order valence-electron chi connectivity index (χ3n) is 4.28. The van der Waals surface area contributed by atoms with Crippen molar-refractivity contribution in [2.24, 2.45) is 0 Å². The van der Waals surface area contributed by atoms with Crippen molar-refractivity contribution < 1.29 is 9.53 Å². The quantitative estimate of drug-likeness (QED) is 0.451. The van der Waals surface area contributed by atoms with E-state index in [1.165, 1.54) is 7.11 Å². The number of amides is 1. The van der Waals surface area contributed by atoms with E-state index in [-0.39, 0.29) is 11.0 Å². The molecule has 4 aromatic rings. The molecule has 0 saturated heterocycles. The number of carbonyl (C=O) groups is 1. The summed E-state index contributed by atoms with van der Waals surface area (Å²) >= 11 is 6.97. The summed E-state index contributed by atoms with van der Waals surface area (Å²) in [5, 5.41) is 6.91. The zero-order chi connectivity index (χ0) is 20.2. The molecule has 1 amide bonds. The first-order valence-corrected chi connectivity index (χ1v) is 10.1. The van der Waals surface area contributed by atoms with E-state index >= 15 is 0 Å². The maximum absolute atomic E-state index is 12.6. The minimum Gasteiger partial charge on any atom is -0.496 e. The number of carbonyl (C=O) groups excluding carboxylic acids is 1. The Balaban J connectivity index is 1.55. The van der Waals surface area contributed by atoms with Crippen molar-refractivity contribution >= 4 is 50.5 Å². The maximum atomic E-state index is 12.6. The number of anilines is 1. The van der Waals surface area contributed by atoms with E-state index in [0.717, 1.165) is 26.5 Å². The van der Waals surface area contributed by atoms with Crippen molar-refractivity contribution in [3.8, 4) is 16.3 Å². The summed E-state index contributed by atoms with van der Waals surface area (Å²) in [5.74, 6) is 0.153. The summed E-state index contributed by atoms with van der Waals surface area (Å²) < 4.78 is 6.36. The second kappa shape index (κ2) is 8.38. The molecule has 1 heterocycles. The third-order valence-corrected chi connectivity index (χ3v) is 5.55. The maximum Gasteiger partial charge on any atom is 0.261 e. The van der Waals surface area contributed by atoms with Crippen molar-refractivity contribution in [3.63, 3.8) is 0 Å². The molecule has 0 spiro atoms. The van der Waals surface area contributed by atoms with Gasteiger partial charge in [0.2, 0.25) is 0 Å². The molecular formula is C22H17N3O2S2. The van der Waals surface area contributed by atoms with E-state index in [9.17, 15) is 4.79 Å². The van der Waals surface area contributed by atoms with E-state index in [0.29, 0.717) is 11.3 Å². The largest absolute Gasteiger partial charge is 0.496 e. The van der Waals surface area contributed by atoms with Crippen LogP contribution in [0.25, 0.3) is 20.8 Å². The predicted molar refractivity (Wildman–Crippen MR) is 122 cm³/mol. The summed E-state index contributed by atoms with van der Waals surface area (Å²) in [6.07, 6.45) is 0. The van der Waals surface area contributed by atoms with Gasteiger partial charge in [-0.25, -0.2) is 4.98 Å². The van der Waals surface area contributed by atoms with Crippen LogP contribution in [0, 0.1) is 0 Å². The molecule has 0 unspecified atom stereocenters. The van der Waals surface area contributed by atoms with Gasteiger partial charge in [0.1, 0.15) is 10.8 Å². The van der Waals surface area contributed by atoms with Crippen LogP contribution in [0.1, 0.15) is 10.4 Å². The van der Waals surface area contributed by atoms with Crippen LogP contribution in [0.3, 0.4) is 0 Å². The fraction of sp³-hybridized carbons (Fsp3) is 0.0455. The number of rotatable bonds is 4. The molecule has 3 aromatic carbocycles. The molecule has 0 aliphatic heterocycles. The average Bonchev–Trinajstić information content (AvgIpc) is 3.18. The number of nitrogens with zero attached hydrogens (tertiary/aromatic N) is 1. The summed E-state index contributed by atoms with van der Waals surface area (Å²) in [4.78, 5) is 17.3. The molecule has 4 rings (SSSR count). The van der Waals surface area contributed by atoms with Gasteiger partial charge in [0.15, 0.2) is 5.11 Å². The van der Waals surface area contributed by atoms with E-state index < -0.39 is 0 Å². The number of hydrogen-bond donors (Lipinski definition) is 2. The number of fused-ring (bicyclic) bond motifs is 1. The van der Waals surface area contributed by atoms with Crippen molar-refractivity contribution in [1.82, 2.24) is 10.3 Å². The molecule has 0 radical (unpaired) electrons. The van der Waals surface area contributed by atoms with Gasteiger partial charge in [-0.3, -0.25) is 10.1 Å². The molecule has 5 nitrogen and oxygen atoms in total. The first-order chi connectivity index (χ1) is 14.2. The molecule has 0 saturated carbocycles. The lowest BCUT2D eigenvalue weighted by molar-refractivity contribution is 0.0975. The number of thiocarbonyl (C=S) groups is 1. The SMILES string of the molecule is COc1ccccc1C(=O)NC(=S)Nc1ccccc1-c1nc2ccccc2s1. The zero-order valence-corrected chi connectivity index (χ0v) is 17.1. The standard InChI is InChI=1S/C22H17N3O2S2/c1-27-18-12-6-3-9-15(18)20(26)25-22(28)24-16-10-4-2-8-14(16)21-23-17-11-5-7-13-19(17)29-21/h2-13H,1H3,(H2,24,25,26,28). The minimum absolute atomic E-state index is 0.203. The molecule has 0 bridgehead atoms. The molecule has 0 fully saturated rings.